The van der Waals surface area contributed by atoms with Crippen molar-refractivity contribution in [1.29, 1.82) is 0 Å². The number of rotatable bonds is 2. The fourth-order valence-electron chi connectivity index (χ4n) is 1.79. The Morgan fingerprint density at radius 3 is 2.56 bits per heavy atom. The van der Waals surface area contributed by atoms with E-state index in [1.807, 2.05) is 6.07 Å². The maximum atomic E-state index is 11.6. The highest BCUT2D eigenvalue weighted by molar-refractivity contribution is 6.63. The Bertz CT molecular complexity index is 644. The van der Waals surface area contributed by atoms with Crippen molar-refractivity contribution in [2.24, 2.45) is 5.10 Å². The van der Waals surface area contributed by atoms with Crippen molar-refractivity contribution in [3.63, 3.8) is 0 Å². The number of amides is 1. The topological polar surface area (TPSA) is 62.9 Å². The molecule has 88 valence electrons. The molecule has 3 rings (SSSR count). The Kier molecular flexibility index (Phi) is 2.30. The number of carbonyl (C=O) groups is 2. The molecular weight excluding hydrogens is 232 g/mol. The quantitative estimate of drug-likeness (QED) is 0.752. The molecule has 1 aromatic carbocycles. The number of hydrazone groups is 1. The molecule has 0 saturated carbocycles. The molecule has 0 saturated heterocycles. The number of Topliss-reactive ketones (excluding diaryl/α,β-unsaturated/α-hetero) is 1. The van der Waals surface area contributed by atoms with Crippen molar-refractivity contribution in [3.8, 4) is 11.3 Å². The van der Waals surface area contributed by atoms with Gasteiger partial charge in [-0.05, 0) is 24.3 Å². The van der Waals surface area contributed by atoms with Gasteiger partial charge < -0.3 is 4.42 Å². The Morgan fingerprint density at radius 2 is 1.89 bits per heavy atom. The van der Waals surface area contributed by atoms with E-state index in [-0.39, 0.29) is 0 Å². The van der Waals surface area contributed by atoms with Crippen LogP contribution in [0.5, 0.6) is 0 Å². The van der Waals surface area contributed by atoms with Gasteiger partial charge in [0.1, 0.15) is 12.0 Å². The van der Waals surface area contributed by atoms with Crippen LogP contribution in [0.3, 0.4) is 0 Å². The fraction of sp³-hybridized carbons (Fsp3) is 0. The smallest absolute Gasteiger partial charge is 0.320 e. The van der Waals surface area contributed by atoms with Crippen molar-refractivity contribution < 1.29 is 14.0 Å². The number of benzene rings is 1. The molecule has 1 aliphatic heterocycles. The van der Waals surface area contributed by atoms with Crippen molar-refractivity contribution in [2.75, 3.05) is 5.01 Å². The van der Waals surface area contributed by atoms with Crippen LogP contribution >= 0.6 is 0 Å². The number of nitrogens with zero attached hydrogens (tertiary/aromatic N) is 2. The zero-order valence-electron chi connectivity index (χ0n) is 9.24. The Morgan fingerprint density at radius 1 is 1.06 bits per heavy atom. The van der Waals surface area contributed by atoms with Crippen molar-refractivity contribution in [1.82, 2.24) is 0 Å². The third-order valence-corrected chi connectivity index (χ3v) is 2.61. The van der Waals surface area contributed by atoms with Crippen LogP contribution in [-0.2, 0) is 9.59 Å². The van der Waals surface area contributed by atoms with Gasteiger partial charge >= 0.3 is 5.91 Å². The molecule has 2 heterocycles. The molecule has 1 aliphatic rings. The lowest BCUT2D eigenvalue weighted by molar-refractivity contribution is -0.131. The molecule has 1 aromatic heterocycles. The number of hydrogen-bond donors (Lipinski definition) is 0. The molecule has 0 spiro atoms. The average Bonchev–Trinajstić information content (AvgIpc) is 3.02. The summed E-state index contributed by atoms with van der Waals surface area (Å²) in [7, 11) is 0. The zero-order valence-corrected chi connectivity index (χ0v) is 9.24. The average molecular weight is 240 g/mol. The fourth-order valence-corrected chi connectivity index (χ4v) is 1.79. The van der Waals surface area contributed by atoms with Gasteiger partial charge in [-0.25, -0.2) is 0 Å². The van der Waals surface area contributed by atoms with E-state index in [1.54, 1.807) is 36.6 Å². The second kappa shape index (κ2) is 3.96. The van der Waals surface area contributed by atoms with Gasteiger partial charge in [0.25, 0.3) is 5.78 Å². The lowest BCUT2D eigenvalue weighted by Crippen LogP contribution is -2.26. The molecule has 0 N–H and O–H groups in total. The summed E-state index contributed by atoms with van der Waals surface area (Å²) in [6.07, 6.45) is 2.56. The predicted octanol–water partition coefficient (Wildman–Crippen LogP) is 1.85. The maximum Gasteiger partial charge on any atom is 0.320 e. The Balaban J connectivity index is 2.11. The predicted molar refractivity (Wildman–Crippen MR) is 65.1 cm³/mol. The minimum Gasteiger partial charge on any atom is -0.464 e. The summed E-state index contributed by atoms with van der Waals surface area (Å²) in [5.74, 6) is -0.661. The largest absolute Gasteiger partial charge is 0.464 e. The van der Waals surface area contributed by atoms with Crippen LogP contribution < -0.4 is 5.01 Å². The van der Waals surface area contributed by atoms with Crippen LogP contribution in [0.2, 0.25) is 0 Å². The molecule has 18 heavy (non-hydrogen) atoms. The zero-order chi connectivity index (χ0) is 12.5. The van der Waals surface area contributed by atoms with Crippen LogP contribution in [0.15, 0.2) is 52.2 Å². The summed E-state index contributed by atoms with van der Waals surface area (Å²) in [5.41, 5.74) is 1.24. The first-order valence-electron chi connectivity index (χ1n) is 5.32. The van der Waals surface area contributed by atoms with Gasteiger partial charge in [0.05, 0.1) is 12.0 Å². The minimum atomic E-state index is -0.658. The molecule has 0 aliphatic carbocycles. The standard InChI is InChI=1S/C13H8N2O3/c16-11-8-14-15(13(11)17)10-5-2-1-4-9(10)12-6-3-7-18-12/h1-8H. The third-order valence-electron chi connectivity index (χ3n) is 2.61. The molecule has 0 fully saturated rings. The number of hydrogen-bond acceptors (Lipinski definition) is 4. The highest BCUT2D eigenvalue weighted by Crippen LogP contribution is 2.32. The number of carbonyl (C=O) groups excluding carboxylic acids is 2. The first kappa shape index (κ1) is 10.5. The van der Waals surface area contributed by atoms with Crippen LogP contribution in [0.4, 0.5) is 5.69 Å². The van der Waals surface area contributed by atoms with E-state index < -0.39 is 11.7 Å². The number of anilines is 1. The second-order valence-corrected chi connectivity index (χ2v) is 3.72. The van der Waals surface area contributed by atoms with Gasteiger partial charge in [0, 0.05) is 5.56 Å². The van der Waals surface area contributed by atoms with Gasteiger partial charge in [0.15, 0.2) is 0 Å². The molecule has 5 nitrogen and oxygen atoms in total. The Hall–Kier alpha value is -2.69. The van der Waals surface area contributed by atoms with E-state index >= 15 is 0 Å². The number of furan rings is 1. The van der Waals surface area contributed by atoms with Crippen molar-refractivity contribution >= 4 is 23.6 Å². The summed E-state index contributed by atoms with van der Waals surface area (Å²) in [5, 5.41) is 4.89. The van der Waals surface area contributed by atoms with Crippen LogP contribution in [-0.4, -0.2) is 17.9 Å². The minimum absolute atomic E-state index is 0.527. The first-order chi connectivity index (χ1) is 8.77. The van der Waals surface area contributed by atoms with Crippen LogP contribution in [0.1, 0.15) is 0 Å². The van der Waals surface area contributed by atoms with Gasteiger partial charge in [-0.2, -0.15) is 10.1 Å². The van der Waals surface area contributed by atoms with Crippen LogP contribution in [0.25, 0.3) is 11.3 Å². The van der Waals surface area contributed by atoms with Gasteiger partial charge in [-0.1, -0.05) is 12.1 Å². The number of para-hydroxylation sites is 1. The summed E-state index contributed by atoms with van der Waals surface area (Å²) in [6, 6.07) is 10.7. The SMILES string of the molecule is O=C1C=NN(c2ccccc2-c2ccco2)C1=O. The van der Waals surface area contributed by atoms with E-state index in [1.165, 1.54) is 0 Å². The highest BCUT2D eigenvalue weighted by Gasteiger charge is 2.29. The summed E-state index contributed by atoms with van der Waals surface area (Å²) < 4.78 is 5.31. The van der Waals surface area contributed by atoms with E-state index in [2.05, 4.69) is 5.10 Å². The summed E-state index contributed by atoms with van der Waals surface area (Å²) >= 11 is 0. The molecular formula is C13H8N2O3. The lowest BCUT2D eigenvalue weighted by atomic mass is 10.1. The molecule has 0 bridgehead atoms. The first-order valence-corrected chi connectivity index (χ1v) is 5.32. The monoisotopic (exact) mass is 240 g/mol. The molecule has 1 amide bonds. The summed E-state index contributed by atoms with van der Waals surface area (Å²) in [6.45, 7) is 0. The Labute approximate surface area is 102 Å². The second-order valence-electron chi connectivity index (χ2n) is 3.72. The van der Waals surface area contributed by atoms with E-state index in [0.717, 1.165) is 11.2 Å². The van der Waals surface area contributed by atoms with Crippen molar-refractivity contribution in [3.05, 3.63) is 42.7 Å². The van der Waals surface area contributed by atoms with Crippen LogP contribution in [0, 0.1) is 0 Å². The van der Waals surface area contributed by atoms with Gasteiger partial charge in [-0.3, -0.25) is 9.59 Å². The lowest BCUT2D eigenvalue weighted by Gasteiger charge is -2.14. The van der Waals surface area contributed by atoms with E-state index in [4.69, 9.17) is 4.42 Å². The van der Waals surface area contributed by atoms with E-state index in [9.17, 15) is 9.59 Å². The normalized spacial score (nSPS) is 14.6. The van der Waals surface area contributed by atoms with E-state index in [0.29, 0.717) is 17.0 Å². The molecule has 2 aromatic rings. The highest BCUT2D eigenvalue weighted by atomic mass is 16.3. The van der Waals surface area contributed by atoms with Crippen molar-refractivity contribution in [2.45, 2.75) is 0 Å². The summed E-state index contributed by atoms with van der Waals surface area (Å²) in [4.78, 5) is 22.8. The van der Waals surface area contributed by atoms with Gasteiger partial charge in [-0.15, -0.1) is 0 Å². The third kappa shape index (κ3) is 1.53. The maximum absolute atomic E-state index is 11.6. The molecule has 0 atom stereocenters. The number of ketones is 1. The molecule has 5 heteroatoms. The molecule has 0 radical (unpaired) electrons. The molecule has 0 unspecified atom stereocenters. The van der Waals surface area contributed by atoms with Gasteiger partial charge in [0.2, 0.25) is 0 Å².